The summed E-state index contributed by atoms with van der Waals surface area (Å²) in [5.41, 5.74) is 1.05. The van der Waals surface area contributed by atoms with Gasteiger partial charge in [0.2, 0.25) is 10.0 Å². The highest BCUT2D eigenvalue weighted by molar-refractivity contribution is 7.89. The second kappa shape index (κ2) is 6.87. The molecule has 2 heterocycles. The van der Waals surface area contributed by atoms with Crippen LogP contribution in [0.4, 0.5) is 5.13 Å². The lowest BCUT2D eigenvalue weighted by molar-refractivity contribution is 0.102. The van der Waals surface area contributed by atoms with Gasteiger partial charge < -0.3 is 0 Å². The molecule has 25 heavy (non-hydrogen) atoms. The van der Waals surface area contributed by atoms with Crippen molar-refractivity contribution < 1.29 is 13.2 Å². The number of rotatable bonds is 5. The zero-order chi connectivity index (χ0) is 18.0. The predicted molar refractivity (Wildman–Crippen MR) is 97.3 cm³/mol. The van der Waals surface area contributed by atoms with Crippen molar-refractivity contribution in [3.8, 4) is 0 Å². The Hall–Kier alpha value is -2.36. The molecule has 7 nitrogen and oxygen atoms in total. The van der Waals surface area contributed by atoms with Gasteiger partial charge >= 0.3 is 0 Å². The fourth-order valence-corrected chi connectivity index (χ4v) is 4.32. The highest BCUT2D eigenvalue weighted by atomic mass is 32.2. The Bertz CT molecular complexity index is 1020. The number of amides is 1. The molecule has 2 aromatic heterocycles. The Kier molecular flexibility index (Phi) is 4.80. The Morgan fingerprint density at radius 1 is 1.32 bits per heavy atom. The third kappa shape index (κ3) is 3.53. The van der Waals surface area contributed by atoms with Crippen LogP contribution < -0.4 is 5.32 Å². The molecular weight excluding hydrogens is 360 g/mol. The summed E-state index contributed by atoms with van der Waals surface area (Å²) in [6, 6.07) is 8.07. The van der Waals surface area contributed by atoms with Crippen LogP contribution in [0.25, 0.3) is 10.2 Å². The third-order valence-corrected chi connectivity index (χ3v) is 6.52. The van der Waals surface area contributed by atoms with E-state index in [1.165, 1.54) is 35.0 Å². The molecule has 1 N–H and O–H groups in total. The molecule has 0 bridgehead atoms. The van der Waals surface area contributed by atoms with E-state index < -0.39 is 10.0 Å². The first kappa shape index (κ1) is 17.5. The lowest BCUT2D eigenvalue weighted by Gasteiger charge is -2.14. The van der Waals surface area contributed by atoms with Crippen LogP contribution in [0.15, 0.2) is 47.6 Å². The first-order valence-corrected chi connectivity index (χ1v) is 9.76. The van der Waals surface area contributed by atoms with Crippen molar-refractivity contribution >= 4 is 42.6 Å². The van der Waals surface area contributed by atoms with Crippen molar-refractivity contribution in [2.24, 2.45) is 0 Å². The Morgan fingerprint density at radius 2 is 2.12 bits per heavy atom. The number of pyridine rings is 1. The molecule has 0 radical (unpaired) electrons. The van der Waals surface area contributed by atoms with Crippen LogP contribution in [0, 0.1) is 0 Å². The van der Waals surface area contributed by atoms with Crippen molar-refractivity contribution in [1.82, 2.24) is 14.3 Å². The van der Waals surface area contributed by atoms with Gasteiger partial charge in [0, 0.05) is 26.0 Å². The first-order chi connectivity index (χ1) is 11.9. The van der Waals surface area contributed by atoms with E-state index in [9.17, 15) is 13.2 Å². The van der Waals surface area contributed by atoms with Crippen molar-refractivity contribution in [2.75, 3.05) is 18.9 Å². The normalized spacial score (nSPS) is 11.8. The number of fused-ring (bicyclic) bond motifs is 1. The number of hydrogen-bond acceptors (Lipinski definition) is 6. The number of hydrogen-bond donors (Lipinski definition) is 1. The molecule has 0 saturated carbocycles. The molecule has 9 heteroatoms. The molecule has 0 fully saturated rings. The summed E-state index contributed by atoms with van der Waals surface area (Å²) in [7, 11) is -1.99. The number of thiazole rings is 1. The highest BCUT2D eigenvalue weighted by Crippen LogP contribution is 2.29. The molecular formula is C16H16N4O3S2. The van der Waals surface area contributed by atoms with Gasteiger partial charge in [0.1, 0.15) is 0 Å². The van der Waals surface area contributed by atoms with Crippen molar-refractivity contribution in [3.63, 3.8) is 0 Å². The van der Waals surface area contributed by atoms with Gasteiger partial charge in [-0.15, -0.1) is 0 Å². The molecule has 3 aromatic rings. The highest BCUT2D eigenvalue weighted by Gasteiger charge is 2.20. The van der Waals surface area contributed by atoms with Gasteiger partial charge in [0.15, 0.2) is 5.13 Å². The zero-order valence-electron chi connectivity index (χ0n) is 13.6. The van der Waals surface area contributed by atoms with Gasteiger partial charge in [0.05, 0.1) is 20.7 Å². The maximum absolute atomic E-state index is 12.4. The number of carbonyl (C=O) groups is 1. The standard InChI is InChI=1S/C16H16N4O3S2/c1-3-20(2)25(22,23)12-6-7-13-14(9-12)24-16(18-13)19-15(21)11-5-4-8-17-10-11/h4-10H,3H2,1-2H3,(H,18,19,21). The number of nitrogens with one attached hydrogen (secondary N) is 1. The summed E-state index contributed by atoms with van der Waals surface area (Å²) >= 11 is 1.22. The largest absolute Gasteiger partial charge is 0.298 e. The first-order valence-electron chi connectivity index (χ1n) is 7.50. The maximum Gasteiger partial charge on any atom is 0.259 e. The van der Waals surface area contributed by atoms with Crippen LogP contribution in [0.2, 0.25) is 0 Å². The molecule has 130 valence electrons. The smallest absolute Gasteiger partial charge is 0.259 e. The summed E-state index contributed by atoms with van der Waals surface area (Å²) < 4.78 is 26.8. The molecule has 0 saturated heterocycles. The summed E-state index contributed by atoms with van der Waals surface area (Å²) in [5, 5.41) is 3.11. The van der Waals surface area contributed by atoms with Crippen LogP contribution in [0.3, 0.4) is 0 Å². The minimum atomic E-state index is -3.52. The number of sulfonamides is 1. The topological polar surface area (TPSA) is 92.3 Å². The van der Waals surface area contributed by atoms with E-state index in [0.717, 1.165) is 0 Å². The van der Waals surface area contributed by atoms with Gasteiger partial charge in [-0.2, -0.15) is 0 Å². The van der Waals surface area contributed by atoms with E-state index >= 15 is 0 Å². The fourth-order valence-electron chi connectivity index (χ4n) is 2.14. The second-order valence-electron chi connectivity index (χ2n) is 5.26. The van der Waals surface area contributed by atoms with Gasteiger partial charge in [-0.3, -0.25) is 15.1 Å². The fraction of sp³-hybridized carbons (Fsp3) is 0.188. The van der Waals surface area contributed by atoms with Gasteiger partial charge in [-0.05, 0) is 30.3 Å². The molecule has 0 spiro atoms. The van der Waals surface area contributed by atoms with E-state index in [0.29, 0.717) is 27.5 Å². The van der Waals surface area contributed by atoms with Gasteiger partial charge in [-0.1, -0.05) is 18.3 Å². The minimum absolute atomic E-state index is 0.207. The van der Waals surface area contributed by atoms with Crippen molar-refractivity contribution in [2.45, 2.75) is 11.8 Å². The number of carbonyl (C=O) groups excluding carboxylic acids is 1. The minimum Gasteiger partial charge on any atom is -0.298 e. The van der Waals surface area contributed by atoms with Gasteiger partial charge in [-0.25, -0.2) is 17.7 Å². The van der Waals surface area contributed by atoms with Crippen LogP contribution >= 0.6 is 11.3 Å². The molecule has 0 atom stereocenters. The van der Waals surface area contributed by atoms with Crippen LogP contribution in [-0.4, -0.2) is 42.2 Å². The summed E-state index contributed by atoms with van der Waals surface area (Å²) in [5.74, 6) is -0.314. The lowest BCUT2D eigenvalue weighted by atomic mass is 10.3. The van der Waals surface area contributed by atoms with Gasteiger partial charge in [0.25, 0.3) is 5.91 Å². The van der Waals surface area contributed by atoms with Crippen LogP contribution in [-0.2, 0) is 10.0 Å². The molecule has 3 rings (SSSR count). The predicted octanol–water partition coefficient (Wildman–Crippen LogP) is 2.58. The third-order valence-electron chi connectivity index (χ3n) is 3.66. The second-order valence-corrected chi connectivity index (χ2v) is 8.34. The molecule has 0 unspecified atom stereocenters. The van der Waals surface area contributed by atoms with E-state index in [4.69, 9.17) is 0 Å². The summed E-state index contributed by atoms with van der Waals surface area (Å²) in [4.78, 5) is 20.6. The average Bonchev–Trinajstić information content (AvgIpc) is 3.02. The summed E-state index contributed by atoms with van der Waals surface area (Å²) in [6.07, 6.45) is 3.05. The van der Waals surface area contributed by atoms with E-state index in [1.54, 1.807) is 37.4 Å². The SMILES string of the molecule is CCN(C)S(=O)(=O)c1ccc2nc(NC(=O)c3cccnc3)sc2c1. The van der Waals surface area contributed by atoms with E-state index in [1.807, 2.05) is 0 Å². The molecule has 0 aliphatic rings. The number of nitrogens with zero attached hydrogens (tertiary/aromatic N) is 3. The van der Waals surface area contributed by atoms with E-state index in [-0.39, 0.29) is 10.8 Å². The Labute approximate surface area is 149 Å². The summed E-state index contributed by atoms with van der Waals surface area (Å²) in [6.45, 7) is 2.16. The monoisotopic (exact) mass is 376 g/mol. The molecule has 1 aromatic carbocycles. The number of anilines is 1. The van der Waals surface area contributed by atoms with E-state index in [2.05, 4.69) is 15.3 Å². The van der Waals surface area contributed by atoms with Crippen molar-refractivity contribution in [3.05, 3.63) is 48.3 Å². The molecule has 0 aliphatic heterocycles. The number of aromatic nitrogens is 2. The quantitative estimate of drug-likeness (QED) is 0.739. The Balaban J connectivity index is 1.90. The average molecular weight is 376 g/mol. The van der Waals surface area contributed by atoms with Crippen LogP contribution in [0.5, 0.6) is 0 Å². The molecule has 1 amide bonds. The zero-order valence-corrected chi connectivity index (χ0v) is 15.3. The molecule has 0 aliphatic carbocycles. The van der Waals surface area contributed by atoms with Crippen molar-refractivity contribution in [1.29, 1.82) is 0 Å². The lowest BCUT2D eigenvalue weighted by Crippen LogP contribution is -2.26. The maximum atomic E-state index is 12.4. The number of benzene rings is 1. The Morgan fingerprint density at radius 3 is 2.80 bits per heavy atom. The van der Waals surface area contributed by atoms with Crippen LogP contribution in [0.1, 0.15) is 17.3 Å².